The molecule has 2 aromatic rings. The lowest BCUT2D eigenvalue weighted by Gasteiger charge is -2.09. The SMILES string of the molecule is CCOC(=O)c1cc2cc(C(F)(F)F)ncc2n1CCN. The monoisotopic (exact) mass is 301 g/mol. The van der Waals surface area contributed by atoms with Crippen LogP contribution in [0.25, 0.3) is 10.9 Å². The van der Waals surface area contributed by atoms with E-state index >= 15 is 0 Å². The Hall–Kier alpha value is -2.09. The van der Waals surface area contributed by atoms with Gasteiger partial charge in [-0.1, -0.05) is 0 Å². The number of pyridine rings is 1. The van der Waals surface area contributed by atoms with Crippen LogP contribution in [0.5, 0.6) is 0 Å². The summed E-state index contributed by atoms with van der Waals surface area (Å²) in [6.45, 7) is 2.34. The van der Waals surface area contributed by atoms with Crippen LogP contribution >= 0.6 is 0 Å². The number of hydrogen-bond donors (Lipinski definition) is 1. The lowest BCUT2D eigenvalue weighted by atomic mass is 10.2. The van der Waals surface area contributed by atoms with E-state index in [9.17, 15) is 18.0 Å². The first-order valence-corrected chi connectivity index (χ1v) is 6.32. The molecule has 2 rings (SSSR count). The minimum absolute atomic E-state index is 0.165. The zero-order valence-electron chi connectivity index (χ0n) is 11.3. The van der Waals surface area contributed by atoms with Crippen molar-refractivity contribution in [2.75, 3.05) is 13.2 Å². The molecule has 0 radical (unpaired) electrons. The third-order valence-electron chi connectivity index (χ3n) is 2.92. The van der Waals surface area contributed by atoms with Crippen LogP contribution in [-0.2, 0) is 17.5 Å². The second kappa shape index (κ2) is 5.72. The molecule has 5 nitrogen and oxygen atoms in total. The fourth-order valence-electron chi connectivity index (χ4n) is 2.06. The third-order valence-corrected chi connectivity index (χ3v) is 2.92. The number of alkyl halides is 3. The number of ether oxygens (including phenoxy) is 1. The molecule has 0 aliphatic carbocycles. The Morgan fingerprint density at radius 3 is 2.71 bits per heavy atom. The number of esters is 1. The number of hydrogen-bond acceptors (Lipinski definition) is 4. The summed E-state index contributed by atoms with van der Waals surface area (Å²) >= 11 is 0. The molecule has 0 aliphatic heterocycles. The number of nitrogens with zero attached hydrogens (tertiary/aromatic N) is 2. The Kier molecular flexibility index (Phi) is 4.17. The first-order valence-electron chi connectivity index (χ1n) is 6.32. The average Bonchev–Trinajstić information content (AvgIpc) is 2.77. The van der Waals surface area contributed by atoms with Gasteiger partial charge in [-0.05, 0) is 19.1 Å². The molecule has 0 atom stereocenters. The lowest BCUT2D eigenvalue weighted by Crippen LogP contribution is -2.16. The average molecular weight is 301 g/mol. The molecule has 8 heteroatoms. The van der Waals surface area contributed by atoms with E-state index < -0.39 is 17.8 Å². The van der Waals surface area contributed by atoms with E-state index in [2.05, 4.69) is 4.98 Å². The summed E-state index contributed by atoms with van der Waals surface area (Å²) in [6, 6.07) is 2.27. The van der Waals surface area contributed by atoms with Crippen LogP contribution in [0.1, 0.15) is 23.1 Å². The number of rotatable bonds is 4. The van der Waals surface area contributed by atoms with Crippen molar-refractivity contribution in [3.05, 3.63) is 29.7 Å². The summed E-state index contributed by atoms with van der Waals surface area (Å²) in [5, 5.41) is 0.272. The number of fused-ring (bicyclic) bond motifs is 1. The highest BCUT2D eigenvalue weighted by molar-refractivity contribution is 5.95. The molecular weight excluding hydrogens is 287 g/mol. The van der Waals surface area contributed by atoms with Gasteiger partial charge in [0, 0.05) is 18.5 Å². The molecule has 0 bridgehead atoms. The number of carbonyl (C=O) groups excluding carboxylic acids is 1. The van der Waals surface area contributed by atoms with Gasteiger partial charge in [0.05, 0.1) is 18.3 Å². The summed E-state index contributed by atoms with van der Waals surface area (Å²) < 4.78 is 44.4. The minimum atomic E-state index is -4.53. The largest absolute Gasteiger partial charge is 0.461 e. The van der Waals surface area contributed by atoms with Gasteiger partial charge in [0.15, 0.2) is 0 Å². The van der Waals surface area contributed by atoms with Crippen molar-refractivity contribution in [1.82, 2.24) is 9.55 Å². The fraction of sp³-hybridized carbons (Fsp3) is 0.385. The van der Waals surface area contributed by atoms with Crippen LogP contribution in [0.15, 0.2) is 18.3 Å². The van der Waals surface area contributed by atoms with Crippen molar-refractivity contribution in [2.45, 2.75) is 19.6 Å². The standard InChI is InChI=1S/C13H14F3N3O2/c1-2-21-12(20)9-5-8-6-11(13(14,15)16)18-7-10(8)19(9)4-3-17/h5-7H,2-4,17H2,1H3. The maximum atomic E-state index is 12.7. The highest BCUT2D eigenvalue weighted by Gasteiger charge is 2.33. The highest BCUT2D eigenvalue weighted by Crippen LogP contribution is 2.30. The van der Waals surface area contributed by atoms with Gasteiger partial charge in [-0.25, -0.2) is 9.78 Å². The molecular formula is C13H14F3N3O2. The Labute approximate surface area is 118 Å². The minimum Gasteiger partial charge on any atom is -0.461 e. The molecule has 114 valence electrons. The number of halogens is 3. The maximum Gasteiger partial charge on any atom is 0.433 e. The molecule has 2 heterocycles. The summed E-state index contributed by atoms with van der Waals surface area (Å²) in [5.74, 6) is -0.601. The maximum absolute atomic E-state index is 12.7. The third kappa shape index (κ3) is 2.99. The van der Waals surface area contributed by atoms with E-state index in [4.69, 9.17) is 10.5 Å². The topological polar surface area (TPSA) is 70.1 Å². The van der Waals surface area contributed by atoms with E-state index in [0.29, 0.717) is 5.52 Å². The zero-order chi connectivity index (χ0) is 15.6. The summed E-state index contributed by atoms with van der Waals surface area (Å²) in [5.41, 5.74) is 5.05. The van der Waals surface area contributed by atoms with Gasteiger partial charge in [-0.3, -0.25) is 0 Å². The van der Waals surface area contributed by atoms with Crippen molar-refractivity contribution in [3.63, 3.8) is 0 Å². The summed E-state index contributed by atoms with van der Waals surface area (Å²) in [4.78, 5) is 15.3. The Morgan fingerprint density at radius 1 is 1.43 bits per heavy atom. The van der Waals surface area contributed by atoms with Gasteiger partial charge >= 0.3 is 12.1 Å². The Bertz CT molecular complexity index is 664. The van der Waals surface area contributed by atoms with Crippen LogP contribution < -0.4 is 5.73 Å². The smallest absolute Gasteiger partial charge is 0.433 e. The molecule has 0 saturated heterocycles. The number of carbonyl (C=O) groups is 1. The molecule has 2 N–H and O–H groups in total. The quantitative estimate of drug-likeness (QED) is 0.879. The van der Waals surface area contributed by atoms with Gasteiger partial charge in [-0.15, -0.1) is 0 Å². The van der Waals surface area contributed by atoms with Crippen molar-refractivity contribution in [3.8, 4) is 0 Å². The number of nitrogens with two attached hydrogens (primary N) is 1. The van der Waals surface area contributed by atoms with Crippen LogP contribution in [-0.4, -0.2) is 28.7 Å². The van der Waals surface area contributed by atoms with Gasteiger partial charge in [0.25, 0.3) is 0 Å². The van der Waals surface area contributed by atoms with Gasteiger partial charge in [0.1, 0.15) is 11.4 Å². The van der Waals surface area contributed by atoms with Gasteiger partial charge < -0.3 is 15.0 Å². The van der Waals surface area contributed by atoms with E-state index in [1.165, 1.54) is 10.6 Å². The molecule has 0 saturated carbocycles. The van der Waals surface area contributed by atoms with Crippen molar-refractivity contribution in [1.29, 1.82) is 0 Å². The summed E-state index contributed by atoms with van der Waals surface area (Å²) in [6.07, 6.45) is -3.44. The second-order valence-corrected chi connectivity index (χ2v) is 4.32. The zero-order valence-corrected chi connectivity index (χ0v) is 11.3. The van der Waals surface area contributed by atoms with Gasteiger partial charge in [-0.2, -0.15) is 13.2 Å². The summed E-state index contributed by atoms with van der Waals surface area (Å²) in [7, 11) is 0. The molecule has 0 fully saturated rings. The van der Waals surface area contributed by atoms with E-state index in [1.54, 1.807) is 6.92 Å². The molecule has 0 spiro atoms. The fourth-order valence-corrected chi connectivity index (χ4v) is 2.06. The predicted molar refractivity (Wildman–Crippen MR) is 69.7 cm³/mol. The Morgan fingerprint density at radius 2 is 2.14 bits per heavy atom. The molecule has 0 amide bonds. The predicted octanol–water partition coefficient (Wildman–Crippen LogP) is 2.19. The Balaban J connectivity index is 2.58. The molecule has 0 aromatic carbocycles. The second-order valence-electron chi connectivity index (χ2n) is 4.32. The molecule has 0 aliphatic rings. The first kappa shape index (κ1) is 15.3. The van der Waals surface area contributed by atoms with Crippen molar-refractivity contribution >= 4 is 16.9 Å². The van der Waals surface area contributed by atoms with Crippen molar-refractivity contribution in [2.24, 2.45) is 5.73 Å². The lowest BCUT2D eigenvalue weighted by molar-refractivity contribution is -0.141. The first-order chi connectivity index (χ1) is 9.88. The van der Waals surface area contributed by atoms with Crippen LogP contribution in [0.4, 0.5) is 13.2 Å². The van der Waals surface area contributed by atoms with E-state index in [1.807, 2.05) is 0 Å². The molecule has 21 heavy (non-hydrogen) atoms. The van der Waals surface area contributed by atoms with Crippen LogP contribution in [0.2, 0.25) is 0 Å². The van der Waals surface area contributed by atoms with Crippen LogP contribution in [0, 0.1) is 0 Å². The van der Waals surface area contributed by atoms with E-state index in [0.717, 1.165) is 12.3 Å². The molecule has 0 unspecified atom stereocenters. The highest BCUT2D eigenvalue weighted by atomic mass is 19.4. The van der Waals surface area contributed by atoms with Crippen LogP contribution in [0.3, 0.4) is 0 Å². The number of aromatic nitrogens is 2. The normalized spacial score (nSPS) is 11.9. The molecule has 2 aromatic heterocycles. The van der Waals surface area contributed by atoms with E-state index in [-0.39, 0.29) is 30.8 Å². The van der Waals surface area contributed by atoms with Gasteiger partial charge in [0.2, 0.25) is 0 Å². The van der Waals surface area contributed by atoms with Crippen molar-refractivity contribution < 1.29 is 22.7 Å².